The predicted octanol–water partition coefficient (Wildman–Crippen LogP) is 5.84. The van der Waals surface area contributed by atoms with Crippen LogP contribution in [0.2, 0.25) is 0 Å². The second-order valence-electron chi connectivity index (χ2n) is 10.8. The van der Waals surface area contributed by atoms with Gasteiger partial charge in [0.15, 0.2) is 0 Å². The van der Waals surface area contributed by atoms with Crippen LogP contribution in [0.3, 0.4) is 0 Å². The van der Waals surface area contributed by atoms with Crippen molar-refractivity contribution >= 4 is 36.2 Å². The molecule has 0 saturated carbocycles. The van der Waals surface area contributed by atoms with Gasteiger partial charge in [-0.05, 0) is 64.7 Å². The number of rotatable bonds is 11. The average molecular weight is 558 g/mol. The number of carbonyl (C=O) groups excluding carboxylic acids is 3. The first-order chi connectivity index (χ1) is 18.3. The van der Waals surface area contributed by atoms with Gasteiger partial charge < -0.3 is 25.4 Å². The van der Waals surface area contributed by atoms with Crippen molar-refractivity contribution in [2.24, 2.45) is 0 Å². The SMILES string of the molecule is CCCCCN(C(=O)C(CS)NC(=O)OC(C)(C)C)C(C(=O)Nc1c(C)cccc1C)c1cccc(C)c1O. The van der Waals surface area contributed by atoms with Crippen LogP contribution in [0, 0.1) is 20.8 Å². The van der Waals surface area contributed by atoms with Gasteiger partial charge in [0.25, 0.3) is 5.91 Å². The molecular weight excluding hydrogens is 514 g/mol. The maximum Gasteiger partial charge on any atom is 0.408 e. The summed E-state index contributed by atoms with van der Waals surface area (Å²) < 4.78 is 5.36. The maximum atomic E-state index is 14.0. The molecule has 0 heterocycles. The molecule has 2 rings (SSSR count). The number of phenols is 1. The average Bonchev–Trinajstić information content (AvgIpc) is 2.85. The normalized spacial score (nSPS) is 12.8. The molecule has 3 N–H and O–H groups in total. The Labute approximate surface area is 237 Å². The quantitative estimate of drug-likeness (QED) is 0.205. The summed E-state index contributed by atoms with van der Waals surface area (Å²) in [5, 5.41) is 16.7. The van der Waals surface area contributed by atoms with Gasteiger partial charge in [-0.15, -0.1) is 0 Å². The largest absolute Gasteiger partial charge is 0.507 e. The fourth-order valence-electron chi connectivity index (χ4n) is 4.29. The number of carbonyl (C=O) groups is 3. The highest BCUT2D eigenvalue weighted by Gasteiger charge is 2.37. The topological polar surface area (TPSA) is 108 Å². The number of nitrogens with one attached hydrogen (secondary N) is 2. The number of aromatic hydroxyl groups is 1. The van der Waals surface area contributed by atoms with Crippen LogP contribution in [0.4, 0.5) is 10.5 Å². The highest BCUT2D eigenvalue weighted by molar-refractivity contribution is 7.80. The van der Waals surface area contributed by atoms with Gasteiger partial charge in [-0.1, -0.05) is 56.2 Å². The lowest BCUT2D eigenvalue weighted by Gasteiger charge is -2.35. The Morgan fingerprint density at radius 1 is 1.00 bits per heavy atom. The van der Waals surface area contributed by atoms with E-state index < -0.39 is 35.6 Å². The molecule has 0 spiro atoms. The molecular formula is C30H43N3O5S. The summed E-state index contributed by atoms with van der Waals surface area (Å²) in [5.41, 5.74) is 2.53. The zero-order chi connectivity index (χ0) is 29.3. The van der Waals surface area contributed by atoms with Gasteiger partial charge in [-0.3, -0.25) is 9.59 Å². The molecule has 2 aromatic carbocycles. The maximum absolute atomic E-state index is 14.0. The first-order valence-electron chi connectivity index (χ1n) is 13.4. The zero-order valence-corrected chi connectivity index (χ0v) is 25.0. The third kappa shape index (κ3) is 8.92. The third-order valence-corrected chi connectivity index (χ3v) is 6.68. The Kier molecular flexibility index (Phi) is 11.7. The van der Waals surface area contributed by atoms with Crippen molar-refractivity contribution in [3.63, 3.8) is 0 Å². The number of anilines is 1. The second-order valence-corrected chi connectivity index (χ2v) is 11.2. The number of ether oxygens (including phenoxy) is 1. The lowest BCUT2D eigenvalue weighted by Crippen LogP contribution is -2.53. The first-order valence-corrected chi connectivity index (χ1v) is 14.0. The summed E-state index contributed by atoms with van der Waals surface area (Å²) in [6.45, 7) is 13.0. The van der Waals surface area contributed by atoms with E-state index >= 15 is 0 Å². The van der Waals surface area contributed by atoms with Crippen LogP contribution < -0.4 is 10.6 Å². The number of hydrogen-bond acceptors (Lipinski definition) is 6. The number of unbranched alkanes of at least 4 members (excludes halogenated alkanes) is 2. The molecule has 0 saturated heterocycles. The number of aryl methyl sites for hydroxylation is 3. The summed E-state index contributed by atoms with van der Waals surface area (Å²) >= 11 is 4.33. The van der Waals surface area contributed by atoms with E-state index in [1.165, 1.54) is 4.90 Å². The van der Waals surface area contributed by atoms with E-state index in [2.05, 4.69) is 23.3 Å². The van der Waals surface area contributed by atoms with E-state index in [4.69, 9.17) is 4.74 Å². The van der Waals surface area contributed by atoms with Crippen molar-refractivity contribution < 1.29 is 24.2 Å². The summed E-state index contributed by atoms with van der Waals surface area (Å²) in [7, 11) is 0. The van der Waals surface area contributed by atoms with Crippen molar-refractivity contribution in [2.75, 3.05) is 17.6 Å². The monoisotopic (exact) mass is 557 g/mol. The van der Waals surface area contributed by atoms with Crippen LogP contribution in [0.5, 0.6) is 5.75 Å². The minimum absolute atomic E-state index is 0.00655. The number of amides is 3. The van der Waals surface area contributed by atoms with Gasteiger partial charge in [-0.2, -0.15) is 12.6 Å². The van der Waals surface area contributed by atoms with Gasteiger partial charge >= 0.3 is 6.09 Å². The molecule has 0 aromatic heterocycles. The number of hydrogen-bond donors (Lipinski definition) is 4. The fourth-order valence-corrected chi connectivity index (χ4v) is 4.54. The molecule has 214 valence electrons. The van der Waals surface area contributed by atoms with Crippen molar-refractivity contribution in [2.45, 2.75) is 85.4 Å². The highest BCUT2D eigenvalue weighted by Crippen LogP contribution is 2.34. The van der Waals surface area contributed by atoms with Gasteiger partial charge in [-0.25, -0.2) is 4.79 Å². The van der Waals surface area contributed by atoms with Crippen LogP contribution in [0.25, 0.3) is 0 Å². The van der Waals surface area contributed by atoms with E-state index in [0.29, 0.717) is 23.2 Å². The summed E-state index contributed by atoms with van der Waals surface area (Å²) in [4.78, 5) is 42.0. The van der Waals surface area contributed by atoms with E-state index in [1.807, 2.05) is 39.0 Å². The second kappa shape index (κ2) is 14.3. The van der Waals surface area contributed by atoms with E-state index in [-0.39, 0.29) is 18.0 Å². The van der Waals surface area contributed by atoms with Crippen LogP contribution in [-0.2, 0) is 14.3 Å². The summed E-state index contributed by atoms with van der Waals surface area (Å²) in [5.74, 6) is -1.02. The standard InChI is InChI=1S/C30H43N3O5S/c1-8-9-10-17-33(28(36)23(18-39)31-29(37)38-30(5,6)7)25(22-16-12-15-21(4)26(22)34)27(35)32-24-19(2)13-11-14-20(24)3/h11-16,23,25,34,39H,8-10,17-18H2,1-7H3,(H,31,37)(H,32,35). The number of alkyl carbamates (subject to hydrolysis) is 1. The molecule has 9 heteroatoms. The lowest BCUT2D eigenvalue weighted by molar-refractivity contribution is -0.140. The third-order valence-electron chi connectivity index (χ3n) is 6.31. The molecule has 0 aliphatic heterocycles. The van der Waals surface area contributed by atoms with E-state index in [9.17, 15) is 19.5 Å². The molecule has 0 bridgehead atoms. The smallest absolute Gasteiger partial charge is 0.408 e. The van der Waals surface area contributed by atoms with Crippen LogP contribution in [0.15, 0.2) is 36.4 Å². The molecule has 0 fully saturated rings. The molecule has 0 aliphatic rings. The molecule has 2 aromatic rings. The minimum Gasteiger partial charge on any atom is -0.507 e. The number of thiol groups is 1. The Balaban J connectivity index is 2.58. The highest BCUT2D eigenvalue weighted by atomic mass is 32.1. The Hall–Kier alpha value is -3.20. The Morgan fingerprint density at radius 3 is 2.15 bits per heavy atom. The number of para-hydroxylation sites is 2. The van der Waals surface area contributed by atoms with E-state index in [1.54, 1.807) is 45.9 Å². The van der Waals surface area contributed by atoms with Gasteiger partial charge in [0.2, 0.25) is 5.91 Å². The fraction of sp³-hybridized carbons (Fsp3) is 0.500. The molecule has 39 heavy (non-hydrogen) atoms. The number of phenolic OH excluding ortho intramolecular Hbond substituents is 1. The van der Waals surface area contributed by atoms with Crippen molar-refractivity contribution in [1.29, 1.82) is 0 Å². The van der Waals surface area contributed by atoms with Gasteiger partial charge in [0.05, 0.1) is 0 Å². The van der Waals surface area contributed by atoms with Crippen LogP contribution in [0.1, 0.15) is 75.3 Å². The van der Waals surface area contributed by atoms with Crippen LogP contribution in [-0.4, -0.2) is 51.9 Å². The van der Waals surface area contributed by atoms with E-state index in [0.717, 1.165) is 24.0 Å². The van der Waals surface area contributed by atoms with Crippen molar-refractivity contribution in [3.8, 4) is 5.75 Å². The molecule has 0 aliphatic carbocycles. The Bertz CT molecular complexity index is 1140. The molecule has 8 nitrogen and oxygen atoms in total. The molecule has 2 unspecified atom stereocenters. The minimum atomic E-state index is -1.16. The summed E-state index contributed by atoms with van der Waals surface area (Å²) in [6.07, 6.45) is 1.62. The van der Waals surface area contributed by atoms with Gasteiger partial charge in [0, 0.05) is 23.5 Å². The first kappa shape index (κ1) is 32.0. The summed E-state index contributed by atoms with van der Waals surface area (Å²) in [6, 6.07) is 8.62. The van der Waals surface area contributed by atoms with Crippen molar-refractivity contribution in [3.05, 3.63) is 58.7 Å². The molecule has 0 radical (unpaired) electrons. The number of benzene rings is 2. The lowest BCUT2D eigenvalue weighted by atomic mass is 9.98. The van der Waals surface area contributed by atoms with Crippen molar-refractivity contribution in [1.82, 2.24) is 10.2 Å². The van der Waals surface area contributed by atoms with Gasteiger partial charge in [0.1, 0.15) is 23.4 Å². The molecule has 2 atom stereocenters. The van der Waals surface area contributed by atoms with Crippen LogP contribution >= 0.6 is 12.6 Å². The zero-order valence-electron chi connectivity index (χ0n) is 24.1. The molecule has 3 amide bonds. The predicted molar refractivity (Wildman–Crippen MR) is 158 cm³/mol. The number of nitrogens with zero attached hydrogens (tertiary/aromatic N) is 1. The Morgan fingerprint density at radius 2 is 1.59 bits per heavy atom.